The molecule has 0 amide bonds. The summed E-state index contributed by atoms with van der Waals surface area (Å²) in [6, 6.07) is 5.55. The monoisotopic (exact) mass is 334 g/mol. The van der Waals surface area contributed by atoms with E-state index in [9.17, 15) is 4.79 Å². The lowest BCUT2D eigenvalue weighted by atomic mass is 10.0. The van der Waals surface area contributed by atoms with E-state index in [1.807, 2.05) is 25.1 Å². The molecule has 1 unspecified atom stereocenters. The zero-order chi connectivity index (χ0) is 16.4. The summed E-state index contributed by atoms with van der Waals surface area (Å²) in [5.41, 5.74) is 1.94. The zero-order valence-electron chi connectivity index (χ0n) is 13.2. The summed E-state index contributed by atoms with van der Waals surface area (Å²) >= 11 is 6.27. The van der Waals surface area contributed by atoms with Crippen molar-refractivity contribution in [3.05, 3.63) is 45.3 Å². The lowest BCUT2D eigenvalue weighted by molar-refractivity contribution is -0.0423. The fourth-order valence-corrected chi connectivity index (χ4v) is 3.08. The first kappa shape index (κ1) is 16.0. The Balaban J connectivity index is 2.10. The van der Waals surface area contributed by atoms with Crippen molar-refractivity contribution in [2.75, 3.05) is 13.7 Å². The Morgan fingerprint density at radius 2 is 2.22 bits per heavy atom. The zero-order valence-corrected chi connectivity index (χ0v) is 14.0. The molecule has 0 aliphatic carbocycles. The van der Waals surface area contributed by atoms with Crippen molar-refractivity contribution < 1.29 is 9.47 Å². The summed E-state index contributed by atoms with van der Waals surface area (Å²) in [7, 11) is 1.61. The third-order valence-corrected chi connectivity index (χ3v) is 4.37. The Morgan fingerprint density at radius 1 is 1.39 bits per heavy atom. The van der Waals surface area contributed by atoms with Crippen LogP contribution in [-0.4, -0.2) is 23.5 Å². The van der Waals surface area contributed by atoms with Gasteiger partial charge in [-0.1, -0.05) is 17.7 Å². The fourth-order valence-electron chi connectivity index (χ4n) is 2.86. The topological polar surface area (TPSA) is 53.4 Å². The average molecular weight is 335 g/mol. The van der Waals surface area contributed by atoms with Gasteiger partial charge in [0.2, 0.25) is 0 Å². The molecule has 5 nitrogen and oxygen atoms in total. The standard InChI is InChI=1S/C17H19ClN2O3/c1-11-9-12(22-2)6-7-13(11)16-14(18)10-19-20(17(16)21)15-5-3-4-8-23-15/h6-7,9-10,15H,3-5,8H2,1-2H3. The van der Waals surface area contributed by atoms with E-state index in [0.717, 1.165) is 36.1 Å². The lowest BCUT2D eigenvalue weighted by Crippen LogP contribution is -2.32. The first-order valence-electron chi connectivity index (χ1n) is 7.65. The second-order valence-electron chi connectivity index (χ2n) is 5.62. The summed E-state index contributed by atoms with van der Waals surface area (Å²) in [6.45, 7) is 2.58. The molecular weight excluding hydrogens is 316 g/mol. The van der Waals surface area contributed by atoms with Crippen LogP contribution in [0.25, 0.3) is 11.1 Å². The predicted molar refractivity (Wildman–Crippen MR) is 89.1 cm³/mol. The molecule has 2 aromatic rings. The average Bonchev–Trinajstić information content (AvgIpc) is 2.57. The first-order valence-corrected chi connectivity index (χ1v) is 8.03. The van der Waals surface area contributed by atoms with Crippen LogP contribution in [-0.2, 0) is 4.74 Å². The van der Waals surface area contributed by atoms with Gasteiger partial charge in [-0.15, -0.1) is 0 Å². The number of halogens is 1. The molecule has 1 fully saturated rings. The summed E-state index contributed by atoms with van der Waals surface area (Å²) < 4.78 is 12.3. The Bertz CT molecular complexity index is 767. The van der Waals surface area contributed by atoms with Crippen LogP contribution in [0, 0.1) is 6.92 Å². The first-order chi connectivity index (χ1) is 11.1. The van der Waals surface area contributed by atoms with Crippen LogP contribution < -0.4 is 10.3 Å². The van der Waals surface area contributed by atoms with Gasteiger partial charge in [0, 0.05) is 6.61 Å². The minimum Gasteiger partial charge on any atom is -0.497 e. The fraction of sp³-hybridized carbons (Fsp3) is 0.412. The molecule has 0 spiro atoms. The van der Waals surface area contributed by atoms with Crippen molar-refractivity contribution >= 4 is 11.6 Å². The second kappa shape index (κ2) is 6.72. The molecule has 6 heteroatoms. The number of aryl methyl sites for hydroxylation is 1. The normalized spacial score (nSPS) is 18.0. The molecule has 1 saturated heterocycles. The summed E-state index contributed by atoms with van der Waals surface area (Å²) in [6.07, 6.45) is 4.03. The van der Waals surface area contributed by atoms with Crippen LogP contribution in [0.5, 0.6) is 5.75 Å². The van der Waals surface area contributed by atoms with Gasteiger partial charge in [0.25, 0.3) is 5.56 Å². The van der Waals surface area contributed by atoms with Gasteiger partial charge in [0.15, 0.2) is 6.23 Å². The smallest absolute Gasteiger partial charge is 0.278 e. The van der Waals surface area contributed by atoms with E-state index in [1.165, 1.54) is 10.9 Å². The molecule has 1 aromatic carbocycles. The van der Waals surface area contributed by atoms with Crippen LogP contribution in [0.3, 0.4) is 0 Å². The molecular formula is C17H19ClN2O3. The molecule has 1 atom stereocenters. The van der Waals surface area contributed by atoms with Crippen LogP contribution in [0.15, 0.2) is 29.2 Å². The van der Waals surface area contributed by atoms with E-state index in [0.29, 0.717) is 17.2 Å². The largest absolute Gasteiger partial charge is 0.497 e. The summed E-state index contributed by atoms with van der Waals surface area (Å²) in [4.78, 5) is 12.9. The highest BCUT2D eigenvalue weighted by molar-refractivity contribution is 6.33. The third kappa shape index (κ3) is 3.12. The van der Waals surface area contributed by atoms with Crippen LogP contribution in [0.1, 0.15) is 31.1 Å². The quantitative estimate of drug-likeness (QED) is 0.861. The van der Waals surface area contributed by atoms with Gasteiger partial charge >= 0.3 is 0 Å². The molecule has 3 rings (SSSR count). The maximum atomic E-state index is 12.9. The Kier molecular flexibility index (Phi) is 4.68. The van der Waals surface area contributed by atoms with Crippen LogP contribution >= 0.6 is 11.6 Å². The third-order valence-electron chi connectivity index (χ3n) is 4.09. The van der Waals surface area contributed by atoms with Gasteiger partial charge in [-0.3, -0.25) is 4.79 Å². The van der Waals surface area contributed by atoms with E-state index >= 15 is 0 Å². The Morgan fingerprint density at radius 3 is 2.87 bits per heavy atom. The van der Waals surface area contributed by atoms with Gasteiger partial charge in [-0.05, 0) is 49.4 Å². The van der Waals surface area contributed by atoms with Crippen molar-refractivity contribution in [3.8, 4) is 16.9 Å². The molecule has 122 valence electrons. The van der Waals surface area contributed by atoms with Crippen molar-refractivity contribution in [1.82, 2.24) is 9.78 Å². The number of hydrogen-bond acceptors (Lipinski definition) is 4. The van der Waals surface area contributed by atoms with E-state index in [1.54, 1.807) is 7.11 Å². The number of hydrogen-bond donors (Lipinski definition) is 0. The molecule has 1 aliphatic rings. The predicted octanol–water partition coefficient (Wildman–Crippen LogP) is 3.58. The SMILES string of the molecule is COc1ccc(-c2c(Cl)cnn(C3CCCCO3)c2=O)c(C)c1. The van der Waals surface area contributed by atoms with Crippen molar-refractivity contribution in [3.63, 3.8) is 0 Å². The number of nitrogens with zero attached hydrogens (tertiary/aromatic N) is 2. The van der Waals surface area contributed by atoms with Crippen molar-refractivity contribution in [2.45, 2.75) is 32.4 Å². The second-order valence-corrected chi connectivity index (χ2v) is 6.03. The number of aromatic nitrogens is 2. The maximum Gasteiger partial charge on any atom is 0.278 e. The Labute approximate surface area is 139 Å². The van der Waals surface area contributed by atoms with Gasteiger partial charge in [-0.2, -0.15) is 5.10 Å². The van der Waals surface area contributed by atoms with E-state index in [2.05, 4.69) is 5.10 Å². The number of methoxy groups -OCH3 is 1. The van der Waals surface area contributed by atoms with Gasteiger partial charge in [-0.25, -0.2) is 4.68 Å². The van der Waals surface area contributed by atoms with Gasteiger partial charge < -0.3 is 9.47 Å². The molecule has 1 aromatic heterocycles. The summed E-state index contributed by atoms with van der Waals surface area (Å²) in [5.74, 6) is 0.743. The van der Waals surface area contributed by atoms with Crippen LogP contribution in [0.2, 0.25) is 5.02 Å². The number of rotatable bonds is 3. The van der Waals surface area contributed by atoms with Crippen molar-refractivity contribution in [1.29, 1.82) is 0 Å². The number of ether oxygens (including phenoxy) is 2. The van der Waals surface area contributed by atoms with E-state index < -0.39 is 0 Å². The van der Waals surface area contributed by atoms with Gasteiger partial charge in [0.1, 0.15) is 5.75 Å². The van der Waals surface area contributed by atoms with E-state index in [-0.39, 0.29) is 11.8 Å². The highest BCUT2D eigenvalue weighted by atomic mass is 35.5. The highest BCUT2D eigenvalue weighted by Gasteiger charge is 2.22. The minimum atomic E-state index is -0.314. The molecule has 0 radical (unpaired) electrons. The summed E-state index contributed by atoms with van der Waals surface area (Å²) in [5, 5.41) is 4.52. The van der Waals surface area contributed by atoms with Crippen molar-refractivity contribution in [2.24, 2.45) is 0 Å². The van der Waals surface area contributed by atoms with E-state index in [4.69, 9.17) is 21.1 Å². The molecule has 23 heavy (non-hydrogen) atoms. The molecule has 1 aliphatic heterocycles. The van der Waals surface area contributed by atoms with Gasteiger partial charge in [0.05, 0.1) is 23.9 Å². The van der Waals surface area contributed by atoms with Crippen LogP contribution in [0.4, 0.5) is 0 Å². The molecule has 0 N–H and O–H groups in total. The molecule has 0 bridgehead atoms. The highest BCUT2D eigenvalue weighted by Crippen LogP contribution is 2.30. The maximum absolute atomic E-state index is 12.9. The number of benzene rings is 1. The Hall–Kier alpha value is -1.85. The molecule has 0 saturated carbocycles. The lowest BCUT2D eigenvalue weighted by Gasteiger charge is -2.24. The molecule has 2 heterocycles. The minimum absolute atomic E-state index is 0.224.